The van der Waals surface area contributed by atoms with Crippen LogP contribution in [-0.2, 0) is 9.53 Å². The first kappa shape index (κ1) is 16.8. The largest absolute Gasteiger partial charge is 0.481 e. The van der Waals surface area contributed by atoms with E-state index in [1.54, 1.807) is 12.1 Å². The molecule has 34 heavy (non-hydrogen) atoms. The Hall–Kier alpha value is -3.79. The van der Waals surface area contributed by atoms with Gasteiger partial charge in [0.25, 0.3) is 0 Å². The monoisotopic (exact) mass is 463 g/mol. The van der Waals surface area contributed by atoms with Crippen molar-refractivity contribution < 1.29 is 19.8 Å². The molecule has 0 unspecified atom stereocenters. The van der Waals surface area contributed by atoms with E-state index in [-0.39, 0.29) is 29.7 Å². The fourth-order valence-electron chi connectivity index (χ4n) is 4.25. The number of hydrogen-bond acceptors (Lipinski definition) is 8. The third kappa shape index (κ3) is 3.69. The zero-order valence-corrected chi connectivity index (χ0v) is 18.5. The number of hydrogen-bond donors (Lipinski definition) is 1. The predicted octanol–water partition coefficient (Wildman–Crippen LogP) is 2.78. The van der Waals surface area contributed by atoms with Gasteiger partial charge in [-0.2, -0.15) is 0 Å². The minimum atomic E-state index is -2.71. The second-order valence-electron chi connectivity index (χ2n) is 8.64. The van der Waals surface area contributed by atoms with Crippen LogP contribution >= 0.6 is 0 Å². The highest BCUT2D eigenvalue weighted by Gasteiger charge is 2.39. The summed E-state index contributed by atoms with van der Waals surface area (Å²) in [7, 11) is -2.71. The Balaban J connectivity index is 1.44. The van der Waals surface area contributed by atoms with E-state index in [2.05, 4.69) is 30.3 Å². The Labute approximate surface area is 201 Å². The normalized spacial score (nSPS) is 22.1. The van der Waals surface area contributed by atoms with E-state index in [1.807, 2.05) is 13.0 Å². The molecule has 5 heterocycles. The maximum absolute atomic E-state index is 12.5. The second-order valence-corrected chi connectivity index (χ2v) is 8.64. The van der Waals surface area contributed by atoms with Crippen molar-refractivity contribution in [2.45, 2.75) is 13.3 Å². The van der Waals surface area contributed by atoms with E-state index in [4.69, 9.17) is 15.0 Å². The number of morpholine rings is 1. The van der Waals surface area contributed by atoms with Gasteiger partial charge < -0.3 is 19.7 Å². The Kier molecular flexibility index (Phi) is 4.05. The SMILES string of the molecule is [2H]c1c(N2CCOCC2)ccc2nc(-c3cnc(OC([2H])([2H])[2H])c4cnc(NC(=O)[C@H]5C[C@H]5C)cc34)nn12. The van der Waals surface area contributed by atoms with Gasteiger partial charge >= 0.3 is 0 Å². The molecule has 1 amide bonds. The van der Waals surface area contributed by atoms with Crippen molar-refractivity contribution in [2.75, 3.05) is 43.6 Å². The Bertz CT molecular complexity index is 1550. The number of fused-ring (bicyclic) bond motifs is 2. The Morgan fingerprint density at radius 1 is 1.26 bits per heavy atom. The molecule has 0 spiro atoms. The molecule has 10 heteroatoms. The van der Waals surface area contributed by atoms with Crippen molar-refractivity contribution in [3.05, 3.63) is 36.8 Å². The summed E-state index contributed by atoms with van der Waals surface area (Å²) < 4.78 is 43.3. The van der Waals surface area contributed by atoms with Gasteiger partial charge in [-0.3, -0.25) is 4.79 Å². The van der Waals surface area contributed by atoms with Crippen LogP contribution in [0.1, 0.15) is 18.8 Å². The van der Waals surface area contributed by atoms with Crippen molar-refractivity contribution >= 4 is 33.8 Å². The van der Waals surface area contributed by atoms with Gasteiger partial charge in [-0.25, -0.2) is 19.5 Å². The molecule has 0 aromatic carbocycles. The quantitative estimate of drug-likeness (QED) is 0.482. The summed E-state index contributed by atoms with van der Waals surface area (Å²) in [4.78, 5) is 27.7. The van der Waals surface area contributed by atoms with Gasteiger partial charge in [0.2, 0.25) is 11.8 Å². The third-order valence-corrected chi connectivity index (χ3v) is 6.37. The van der Waals surface area contributed by atoms with E-state index in [9.17, 15) is 4.79 Å². The maximum atomic E-state index is 12.5. The second kappa shape index (κ2) is 8.21. The number of pyridine rings is 3. The average molecular weight is 464 g/mol. The first-order chi connectivity index (χ1) is 18.2. The van der Waals surface area contributed by atoms with Gasteiger partial charge in [-0.15, -0.1) is 5.10 Å². The summed E-state index contributed by atoms with van der Waals surface area (Å²) in [5.41, 5.74) is 1.68. The van der Waals surface area contributed by atoms with Crippen molar-refractivity contribution in [1.29, 1.82) is 0 Å². The summed E-state index contributed by atoms with van der Waals surface area (Å²) >= 11 is 0. The van der Waals surface area contributed by atoms with Crippen LogP contribution in [0.25, 0.3) is 27.8 Å². The Morgan fingerprint density at radius 2 is 2.12 bits per heavy atom. The van der Waals surface area contributed by atoms with Crippen LogP contribution in [-0.4, -0.2) is 63.8 Å². The molecule has 1 N–H and O–H groups in total. The molecule has 2 aliphatic rings. The van der Waals surface area contributed by atoms with E-state index in [0.29, 0.717) is 60.0 Å². The predicted molar refractivity (Wildman–Crippen MR) is 127 cm³/mol. The summed E-state index contributed by atoms with van der Waals surface area (Å²) in [6.45, 7) is 4.56. The third-order valence-electron chi connectivity index (χ3n) is 6.37. The minimum Gasteiger partial charge on any atom is -0.481 e. The number of rotatable bonds is 5. The molecule has 1 saturated heterocycles. The summed E-state index contributed by atoms with van der Waals surface area (Å²) in [5, 5.41) is 8.26. The van der Waals surface area contributed by atoms with E-state index < -0.39 is 7.04 Å². The highest BCUT2D eigenvalue weighted by Crippen LogP contribution is 2.39. The number of ether oxygens (including phenoxy) is 2. The number of carbonyl (C=O) groups excluding carboxylic acids is 1. The van der Waals surface area contributed by atoms with Crippen molar-refractivity contribution in [1.82, 2.24) is 24.6 Å². The van der Waals surface area contributed by atoms with Crippen molar-refractivity contribution in [3.8, 4) is 17.3 Å². The molecule has 10 nitrogen and oxygen atoms in total. The van der Waals surface area contributed by atoms with Gasteiger partial charge in [0.15, 0.2) is 11.5 Å². The van der Waals surface area contributed by atoms with Gasteiger partial charge in [-0.1, -0.05) is 6.92 Å². The Morgan fingerprint density at radius 3 is 2.91 bits per heavy atom. The molecule has 174 valence electrons. The topological polar surface area (TPSA) is 107 Å². The standard InChI is InChI=1S/C24H25N7O3/c1-14-9-16(14)23(32)27-20-10-17-18(11-26-24(33-2)19(17)12-25-20)22-28-21-4-3-15(13-31(21)29-22)30-5-7-34-8-6-30/h3-4,10-14,16H,5-9H2,1-2H3,(H,25,27,32)/t14-,16+/m1/s1/i2D3,13D. The molecule has 2 atom stereocenters. The zero-order valence-electron chi connectivity index (χ0n) is 22.5. The van der Waals surface area contributed by atoms with Crippen LogP contribution in [0.2, 0.25) is 0 Å². The summed E-state index contributed by atoms with van der Waals surface area (Å²) in [6, 6.07) is 5.28. The number of amides is 1. The van der Waals surface area contributed by atoms with E-state index >= 15 is 0 Å². The van der Waals surface area contributed by atoms with Gasteiger partial charge in [-0.05, 0) is 30.5 Å². The van der Waals surface area contributed by atoms with Gasteiger partial charge in [0.1, 0.15) is 5.82 Å². The summed E-state index contributed by atoms with van der Waals surface area (Å²) in [5.74, 6) is 0.653. The molecule has 1 saturated carbocycles. The molecule has 4 aromatic rings. The van der Waals surface area contributed by atoms with E-state index in [1.165, 1.54) is 16.9 Å². The van der Waals surface area contributed by atoms with Crippen molar-refractivity contribution in [2.24, 2.45) is 11.8 Å². The summed E-state index contributed by atoms with van der Waals surface area (Å²) in [6.07, 6.45) is 3.87. The molecule has 1 aliphatic carbocycles. The van der Waals surface area contributed by atoms with Gasteiger partial charge in [0.05, 0.1) is 43.0 Å². The molecule has 6 rings (SSSR count). The number of anilines is 2. The molecular formula is C24H25N7O3. The van der Waals surface area contributed by atoms with Crippen molar-refractivity contribution in [3.63, 3.8) is 0 Å². The fourth-order valence-corrected chi connectivity index (χ4v) is 4.25. The highest BCUT2D eigenvalue weighted by molar-refractivity contribution is 6.01. The lowest BCUT2D eigenvalue weighted by Crippen LogP contribution is -2.36. The van der Waals surface area contributed by atoms with Crippen LogP contribution in [0, 0.1) is 11.8 Å². The molecule has 4 aromatic heterocycles. The smallest absolute Gasteiger partial charge is 0.228 e. The number of methoxy groups -OCH3 is 1. The molecule has 0 bridgehead atoms. The van der Waals surface area contributed by atoms with Crippen LogP contribution in [0.4, 0.5) is 11.5 Å². The average Bonchev–Trinajstić information content (AvgIpc) is 3.46. The molecule has 1 aliphatic heterocycles. The molecular weight excluding hydrogens is 434 g/mol. The lowest BCUT2D eigenvalue weighted by atomic mass is 10.1. The fraction of sp³-hybridized carbons (Fsp3) is 0.375. The number of aromatic nitrogens is 5. The minimum absolute atomic E-state index is 0.0462. The number of carbonyl (C=O) groups is 1. The first-order valence-corrected chi connectivity index (χ1v) is 11.2. The van der Waals surface area contributed by atoms with Crippen LogP contribution < -0.4 is 15.0 Å². The highest BCUT2D eigenvalue weighted by atomic mass is 16.5. The molecule has 0 radical (unpaired) electrons. The first-order valence-electron chi connectivity index (χ1n) is 13.2. The molecule has 2 fully saturated rings. The lowest BCUT2D eigenvalue weighted by Gasteiger charge is -2.28. The van der Waals surface area contributed by atoms with E-state index in [0.717, 1.165) is 12.1 Å². The zero-order chi connectivity index (χ0) is 26.6. The maximum Gasteiger partial charge on any atom is 0.228 e. The van der Waals surface area contributed by atoms with Crippen LogP contribution in [0.15, 0.2) is 36.8 Å². The van der Waals surface area contributed by atoms with Gasteiger partial charge in [0, 0.05) is 42.4 Å². The lowest BCUT2D eigenvalue weighted by molar-refractivity contribution is -0.117. The van der Waals surface area contributed by atoms with Crippen LogP contribution in [0.5, 0.6) is 5.88 Å². The number of nitrogens with zero attached hydrogens (tertiary/aromatic N) is 6. The van der Waals surface area contributed by atoms with Crippen LogP contribution in [0.3, 0.4) is 0 Å². The number of nitrogens with one attached hydrogen (secondary N) is 1.